The van der Waals surface area contributed by atoms with Gasteiger partial charge in [-0.15, -0.1) is 11.3 Å². The Balaban J connectivity index is 1.68. The molecule has 4 rings (SSSR count). The SMILES string of the molecule is Brc1ccc(N(c2ccc(Br)cc2)c2ccc(C=Cc3cccs3)cc2)cc1. The summed E-state index contributed by atoms with van der Waals surface area (Å²) in [5, 5.41) is 2.09. The molecule has 0 unspecified atom stereocenters. The van der Waals surface area contributed by atoms with Gasteiger partial charge in [-0.1, -0.05) is 56.1 Å². The summed E-state index contributed by atoms with van der Waals surface area (Å²) in [6.07, 6.45) is 4.31. The van der Waals surface area contributed by atoms with Crippen LogP contribution in [0.15, 0.2) is 99.3 Å². The maximum atomic E-state index is 3.53. The minimum absolute atomic E-state index is 1.07. The van der Waals surface area contributed by atoms with E-state index in [1.807, 2.05) is 0 Å². The Morgan fingerprint density at radius 1 is 0.607 bits per heavy atom. The molecular formula is C24H17Br2NS. The number of benzene rings is 3. The number of hydrogen-bond acceptors (Lipinski definition) is 2. The molecule has 1 heterocycles. The van der Waals surface area contributed by atoms with E-state index >= 15 is 0 Å². The fourth-order valence-corrected chi connectivity index (χ4v) is 4.07. The molecule has 0 saturated carbocycles. The predicted molar refractivity (Wildman–Crippen MR) is 130 cm³/mol. The van der Waals surface area contributed by atoms with E-state index in [-0.39, 0.29) is 0 Å². The molecule has 28 heavy (non-hydrogen) atoms. The van der Waals surface area contributed by atoms with Crippen molar-refractivity contribution >= 4 is 72.4 Å². The Morgan fingerprint density at radius 2 is 1.11 bits per heavy atom. The zero-order valence-corrected chi connectivity index (χ0v) is 18.9. The number of nitrogens with zero attached hydrogens (tertiary/aromatic N) is 1. The van der Waals surface area contributed by atoms with Crippen LogP contribution in [0.2, 0.25) is 0 Å². The van der Waals surface area contributed by atoms with Crippen LogP contribution < -0.4 is 4.90 Å². The number of thiophene rings is 1. The van der Waals surface area contributed by atoms with Crippen LogP contribution in [-0.2, 0) is 0 Å². The molecule has 138 valence electrons. The molecule has 0 aliphatic rings. The van der Waals surface area contributed by atoms with Gasteiger partial charge in [0.1, 0.15) is 0 Å². The Hall–Kier alpha value is -2.14. The standard InChI is InChI=1S/C24H17Br2NS/c25-19-6-12-22(13-7-19)27(23-14-8-20(26)9-15-23)21-10-3-18(4-11-21)5-16-24-2-1-17-28-24/h1-17H. The highest BCUT2D eigenvalue weighted by molar-refractivity contribution is 9.10. The van der Waals surface area contributed by atoms with Gasteiger partial charge in [-0.25, -0.2) is 0 Å². The van der Waals surface area contributed by atoms with Crippen LogP contribution in [0.4, 0.5) is 17.1 Å². The highest BCUT2D eigenvalue weighted by Crippen LogP contribution is 2.35. The second-order valence-electron chi connectivity index (χ2n) is 6.23. The Morgan fingerprint density at radius 3 is 1.57 bits per heavy atom. The molecule has 0 bridgehead atoms. The molecule has 3 aromatic carbocycles. The van der Waals surface area contributed by atoms with Crippen LogP contribution in [0.3, 0.4) is 0 Å². The summed E-state index contributed by atoms with van der Waals surface area (Å²) in [7, 11) is 0. The summed E-state index contributed by atoms with van der Waals surface area (Å²) in [6.45, 7) is 0. The largest absolute Gasteiger partial charge is 0.311 e. The maximum absolute atomic E-state index is 3.53. The van der Waals surface area contributed by atoms with Crippen molar-refractivity contribution in [2.75, 3.05) is 4.90 Å². The molecule has 0 N–H and O–H groups in total. The quantitative estimate of drug-likeness (QED) is 0.259. The molecule has 0 saturated heterocycles. The van der Waals surface area contributed by atoms with E-state index in [0.717, 1.165) is 26.0 Å². The first-order valence-corrected chi connectivity index (χ1v) is 11.3. The Bertz CT molecular complexity index is 1010. The van der Waals surface area contributed by atoms with Crippen molar-refractivity contribution in [3.05, 3.63) is 110 Å². The van der Waals surface area contributed by atoms with Gasteiger partial charge in [-0.2, -0.15) is 0 Å². The highest BCUT2D eigenvalue weighted by atomic mass is 79.9. The number of rotatable bonds is 5. The zero-order chi connectivity index (χ0) is 19.3. The van der Waals surface area contributed by atoms with Crippen LogP contribution in [0.5, 0.6) is 0 Å². The number of halogens is 2. The van der Waals surface area contributed by atoms with Crippen molar-refractivity contribution in [2.45, 2.75) is 0 Å². The van der Waals surface area contributed by atoms with Crippen LogP contribution in [-0.4, -0.2) is 0 Å². The summed E-state index contributed by atoms with van der Waals surface area (Å²) in [6, 6.07) is 29.6. The fourth-order valence-electron chi connectivity index (χ4n) is 2.93. The summed E-state index contributed by atoms with van der Waals surface area (Å²) in [4.78, 5) is 3.52. The first kappa shape index (κ1) is 19.2. The number of anilines is 3. The molecule has 0 amide bonds. The normalized spacial score (nSPS) is 11.1. The van der Waals surface area contributed by atoms with Gasteiger partial charge in [0.25, 0.3) is 0 Å². The van der Waals surface area contributed by atoms with Crippen molar-refractivity contribution in [1.29, 1.82) is 0 Å². The first-order valence-electron chi connectivity index (χ1n) is 8.82. The lowest BCUT2D eigenvalue weighted by Crippen LogP contribution is -2.09. The number of hydrogen-bond donors (Lipinski definition) is 0. The van der Waals surface area contributed by atoms with E-state index in [1.54, 1.807) is 11.3 Å². The lowest BCUT2D eigenvalue weighted by Gasteiger charge is -2.25. The van der Waals surface area contributed by atoms with Gasteiger partial charge in [0.15, 0.2) is 0 Å². The van der Waals surface area contributed by atoms with E-state index in [2.05, 4.69) is 139 Å². The summed E-state index contributed by atoms with van der Waals surface area (Å²) >= 11 is 8.80. The molecular weight excluding hydrogens is 494 g/mol. The second-order valence-corrected chi connectivity index (χ2v) is 9.04. The second kappa shape index (κ2) is 8.91. The van der Waals surface area contributed by atoms with Gasteiger partial charge in [0.05, 0.1) is 0 Å². The summed E-state index contributed by atoms with van der Waals surface area (Å²) in [5.41, 5.74) is 4.54. The van der Waals surface area contributed by atoms with Crippen molar-refractivity contribution in [2.24, 2.45) is 0 Å². The van der Waals surface area contributed by atoms with Gasteiger partial charge in [0.2, 0.25) is 0 Å². The first-order chi connectivity index (χ1) is 13.7. The molecule has 0 atom stereocenters. The van der Waals surface area contributed by atoms with E-state index in [1.165, 1.54) is 10.4 Å². The highest BCUT2D eigenvalue weighted by Gasteiger charge is 2.12. The summed E-state index contributed by atoms with van der Waals surface area (Å²) in [5.74, 6) is 0. The third-order valence-electron chi connectivity index (χ3n) is 4.30. The Labute approximate surface area is 186 Å². The lowest BCUT2D eigenvalue weighted by molar-refractivity contribution is 1.28. The molecule has 0 radical (unpaired) electrons. The van der Waals surface area contributed by atoms with Crippen molar-refractivity contribution in [1.82, 2.24) is 0 Å². The average molecular weight is 511 g/mol. The van der Waals surface area contributed by atoms with Gasteiger partial charge >= 0.3 is 0 Å². The van der Waals surface area contributed by atoms with E-state index in [9.17, 15) is 0 Å². The third kappa shape index (κ3) is 4.64. The topological polar surface area (TPSA) is 3.24 Å². The molecule has 1 nitrogen and oxygen atoms in total. The lowest BCUT2D eigenvalue weighted by atomic mass is 10.1. The van der Waals surface area contributed by atoms with Crippen molar-refractivity contribution in [3.63, 3.8) is 0 Å². The van der Waals surface area contributed by atoms with Crippen LogP contribution in [0.25, 0.3) is 12.2 Å². The van der Waals surface area contributed by atoms with Gasteiger partial charge in [0, 0.05) is 30.9 Å². The maximum Gasteiger partial charge on any atom is 0.0462 e. The van der Waals surface area contributed by atoms with Crippen molar-refractivity contribution < 1.29 is 0 Å². The predicted octanol–water partition coefficient (Wildman–Crippen LogP) is 8.91. The van der Waals surface area contributed by atoms with Crippen LogP contribution in [0.1, 0.15) is 10.4 Å². The molecule has 4 heteroatoms. The van der Waals surface area contributed by atoms with Crippen molar-refractivity contribution in [3.8, 4) is 0 Å². The van der Waals surface area contributed by atoms with Crippen LogP contribution in [0, 0.1) is 0 Å². The zero-order valence-electron chi connectivity index (χ0n) is 14.9. The molecule has 0 fully saturated rings. The minimum Gasteiger partial charge on any atom is -0.311 e. The molecule has 1 aromatic heterocycles. The van der Waals surface area contributed by atoms with E-state index in [0.29, 0.717) is 0 Å². The molecule has 0 aliphatic carbocycles. The van der Waals surface area contributed by atoms with Gasteiger partial charge < -0.3 is 4.90 Å². The molecule has 0 aliphatic heterocycles. The summed E-state index contributed by atoms with van der Waals surface area (Å²) < 4.78 is 2.14. The Kier molecular flexibility index (Phi) is 6.10. The fraction of sp³-hybridized carbons (Fsp3) is 0. The monoisotopic (exact) mass is 509 g/mol. The van der Waals surface area contributed by atoms with Crippen LogP contribution >= 0.6 is 43.2 Å². The molecule has 0 spiro atoms. The van der Waals surface area contributed by atoms with Gasteiger partial charge in [-0.05, 0) is 83.7 Å². The minimum atomic E-state index is 1.07. The van der Waals surface area contributed by atoms with E-state index < -0.39 is 0 Å². The third-order valence-corrected chi connectivity index (χ3v) is 6.20. The average Bonchev–Trinajstić information content (AvgIpc) is 3.24. The van der Waals surface area contributed by atoms with Gasteiger partial charge in [-0.3, -0.25) is 0 Å². The molecule has 4 aromatic rings. The van der Waals surface area contributed by atoms with E-state index in [4.69, 9.17) is 0 Å². The smallest absolute Gasteiger partial charge is 0.0462 e.